The smallest absolute Gasteiger partial charge is 0.0561 e. The zero-order chi connectivity index (χ0) is 41.6. The van der Waals surface area contributed by atoms with Crippen LogP contribution in [0.1, 0.15) is 68.2 Å². The standard InChI is InChI=1S/C61H50N2/c1-60(2)54-17-9-6-14-48(54)50-27-25-46(36-57(50)60)62(47-26-28-52-51-16-8-11-19-58(51)63(59(52)37-47)44-12-4-3-5-13-44)45-23-20-40(21-24-45)41-22-29-56-53(35-41)49-15-7-10-18-55(49)61(56)42-31-38-30-39(33-42)34-43(61)32-38/h3-29,35-39,42-43H,30-34H2,1-2H3. The molecule has 63 heavy (non-hydrogen) atoms. The van der Waals surface area contributed by atoms with Gasteiger partial charge in [-0.1, -0.05) is 135 Å². The Hall–Kier alpha value is -6.64. The SMILES string of the molecule is CC1(C)c2ccccc2-c2ccc(N(c3ccc(-c4ccc5c(c4)-c4ccccc4C54C5CC6CC(C5)CC4C6)cc3)c3ccc4c5ccccc5n(-c5ccccc5)c4c3)cc21. The molecule has 304 valence electrons. The molecule has 4 fully saturated rings. The molecule has 0 saturated heterocycles. The normalized spacial score (nSPS) is 23.0. The molecule has 9 aromatic rings. The molecule has 1 spiro atoms. The van der Waals surface area contributed by atoms with Crippen LogP contribution >= 0.6 is 0 Å². The quantitative estimate of drug-likeness (QED) is 0.168. The van der Waals surface area contributed by atoms with Crippen molar-refractivity contribution in [2.24, 2.45) is 23.7 Å². The number of hydrogen-bond acceptors (Lipinski definition) is 1. The van der Waals surface area contributed by atoms with Crippen molar-refractivity contribution in [2.75, 3.05) is 4.90 Å². The lowest BCUT2D eigenvalue weighted by molar-refractivity contribution is -0.0399. The van der Waals surface area contributed by atoms with Gasteiger partial charge in [0, 0.05) is 44.4 Å². The highest BCUT2D eigenvalue weighted by Crippen LogP contribution is 2.69. The van der Waals surface area contributed by atoms with Gasteiger partial charge in [0.25, 0.3) is 0 Å². The summed E-state index contributed by atoms with van der Waals surface area (Å²) >= 11 is 0. The molecule has 6 aliphatic carbocycles. The van der Waals surface area contributed by atoms with Crippen LogP contribution in [0.25, 0.3) is 60.9 Å². The molecule has 0 aliphatic heterocycles. The van der Waals surface area contributed by atoms with Gasteiger partial charge in [-0.3, -0.25) is 0 Å². The predicted octanol–water partition coefficient (Wildman–Crippen LogP) is 15.9. The van der Waals surface area contributed by atoms with E-state index in [0.717, 1.165) is 35.0 Å². The van der Waals surface area contributed by atoms with Crippen LogP contribution in [0.3, 0.4) is 0 Å². The Morgan fingerprint density at radius 3 is 1.76 bits per heavy atom. The van der Waals surface area contributed by atoms with Crippen LogP contribution < -0.4 is 4.90 Å². The Labute approximate surface area is 370 Å². The lowest BCUT2D eigenvalue weighted by Gasteiger charge is -2.61. The third-order valence-electron chi connectivity index (χ3n) is 16.8. The third kappa shape index (κ3) is 4.90. The van der Waals surface area contributed by atoms with Gasteiger partial charge < -0.3 is 9.47 Å². The van der Waals surface area contributed by atoms with Gasteiger partial charge in [-0.05, 0) is 172 Å². The Bertz CT molecular complexity index is 3300. The van der Waals surface area contributed by atoms with E-state index in [9.17, 15) is 0 Å². The van der Waals surface area contributed by atoms with Crippen LogP contribution in [0.2, 0.25) is 0 Å². The van der Waals surface area contributed by atoms with Crippen molar-refractivity contribution in [3.05, 3.63) is 204 Å². The van der Waals surface area contributed by atoms with E-state index < -0.39 is 0 Å². The fourth-order valence-electron chi connectivity index (χ4n) is 14.4. The largest absolute Gasteiger partial charge is 0.310 e. The summed E-state index contributed by atoms with van der Waals surface area (Å²) in [6.45, 7) is 4.76. The maximum atomic E-state index is 2.55. The minimum Gasteiger partial charge on any atom is -0.310 e. The molecule has 6 aliphatic rings. The van der Waals surface area contributed by atoms with Crippen molar-refractivity contribution < 1.29 is 0 Å². The Morgan fingerprint density at radius 1 is 0.413 bits per heavy atom. The van der Waals surface area contributed by atoms with Crippen LogP contribution in [-0.2, 0) is 10.8 Å². The van der Waals surface area contributed by atoms with E-state index in [4.69, 9.17) is 0 Å². The fourth-order valence-corrected chi connectivity index (χ4v) is 14.4. The lowest BCUT2D eigenvalue weighted by atomic mass is 9.43. The number of nitrogens with zero attached hydrogens (tertiary/aromatic N) is 2. The Balaban J connectivity index is 0.910. The summed E-state index contributed by atoms with van der Waals surface area (Å²) in [5, 5.41) is 2.52. The van der Waals surface area contributed by atoms with Crippen LogP contribution in [0.5, 0.6) is 0 Å². The number of fused-ring (bicyclic) bond motifs is 9. The van der Waals surface area contributed by atoms with Crippen LogP contribution in [-0.4, -0.2) is 4.57 Å². The second-order valence-electron chi connectivity index (χ2n) is 20.2. The first-order valence-corrected chi connectivity index (χ1v) is 23.4. The van der Waals surface area contributed by atoms with Gasteiger partial charge >= 0.3 is 0 Å². The molecular weight excluding hydrogens is 761 g/mol. The zero-order valence-electron chi connectivity index (χ0n) is 36.1. The number of aromatic nitrogens is 1. The molecule has 0 unspecified atom stereocenters. The average molecular weight is 811 g/mol. The molecule has 15 rings (SSSR count). The second kappa shape index (κ2) is 13.0. The summed E-state index contributed by atoms with van der Waals surface area (Å²) in [6, 6.07) is 69.2. The Morgan fingerprint density at radius 2 is 0.984 bits per heavy atom. The van der Waals surface area contributed by atoms with Gasteiger partial charge in [0.2, 0.25) is 0 Å². The summed E-state index contributed by atoms with van der Waals surface area (Å²) in [7, 11) is 0. The van der Waals surface area contributed by atoms with E-state index in [0.29, 0.717) is 0 Å². The molecule has 4 saturated carbocycles. The molecule has 0 atom stereocenters. The molecule has 4 bridgehead atoms. The first kappa shape index (κ1) is 35.9. The van der Waals surface area contributed by atoms with Gasteiger partial charge in [-0.15, -0.1) is 0 Å². The van der Waals surface area contributed by atoms with E-state index in [1.54, 1.807) is 11.1 Å². The summed E-state index contributed by atoms with van der Waals surface area (Å²) in [5.74, 6) is 3.45. The van der Waals surface area contributed by atoms with Gasteiger partial charge in [-0.2, -0.15) is 0 Å². The lowest BCUT2D eigenvalue weighted by Crippen LogP contribution is -2.55. The van der Waals surface area contributed by atoms with Crippen LogP contribution in [0.4, 0.5) is 17.1 Å². The molecule has 0 amide bonds. The average Bonchev–Trinajstić information content (AvgIpc) is 3.89. The summed E-state index contributed by atoms with van der Waals surface area (Å²) < 4.78 is 2.43. The maximum Gasteiger partial charge on any atom is 0.0561 e. The van der Waals surface area contributed by atoms with Crippen molar-refractivity contribution in [3.63, 3.8) is 0 Å². The molecule has 1 heterocycles. The van der Waals surface area contributed by atoms with Gasteiger partial charge in [0.05, 0.1) is 11.0 Å². The van der Waals surface area contributed by atoms with E-state index in [1.807, 2.05) is 0 Å². The molecule has 1 aromatic heterocycles. The van der Waals surface area contributed by atoms with E-state index in [-0.39, 0.29) is 10.8 Å². The highest BCUT2D eigenvalue weighted by atomic mass is 15.1. The number of anilines is 3. The highest BCUT2D eigenvalue weighted by molar-refractivity contribution is 6.10. The number of hydrogen-bond donors (Lipinski definition) is 0. The number of benzene rings is 8. The second-order valence-corrected chi connectivity index (χ2v) is 20.2. The van der Waals surface area contributed by atoms with E-state index in [1.165, 1.54) is 110 Å². The third-order valence-corrected chi connectivity index (χ3v) is 16.8. The monoisotopic (exact) mass is 810 g/mol. The topological polar surface area (TPSA) is 8.17 Å². The summed E-state index contributed by atoms with van der Waals surface area (Å²) in [6.07, 6.45) is 7.13. The number of para-hydroxylation sites is 2. The molecule has 8 aromatic carbocycles. The van der Waals surface area contributed by atoms with Crippen molar-refractivity contribution in [3.8, 4) is 39.1 Å². The molecule has 2 nitrogen and oxygen atoms in total. The van der Waals surface area contributed by atoms with Crippen molar-refractivity contribution >= 4 is 38.9 Å². The molecule has 0 radical (unpaired) electrons. The van der Waals surface area contributed by atoms with Crippen LogP contribution in [0, 0.1) is 23.7 Å². The van der Waals surface area contributed by atoms with Crippen LogP contribution in [0.15, 0.2) is 182 Å². The summed E-state index contributed by atoms with van der Waals surface area (Å²) in [5.41, 5.74) is 21.3. The maximum absolute atomic E-state index is 2.55. The number of rotatable bonds is 5. The van der Waals surface area contributed by atoms with Gasteiger partial charge in [0.15, 0.2) is 0 Å². The van der Waals surface area contributed by atoms with Gasteiger partial charge in [0.1, 0.15) is 0 Å². The first-order valence-electron chi connectivity index (χ1n) is 23.4. The minimum atomic E-state index is -0.109. The molecule has 2 heteroatoms. The summed E-state index contributed by atoms with van der Waals surface area (Å²) in [4.78, 5) is 2.48. The minimum absolute atomic E-state index is 0.109. The van der Waals surface area contributed by atoms with Gasteiger partial charge in [-0.25, -0.2) is 0 Å². The Kier molecular flexibility index (Phi) is 7.38. The molecular formula is C61H50N2. The van der Waals surface area contributed by atoms with Crippen molar-refractivity contribution in [1.82, 2.24) is 4.57 Å². The fraction of sp³-hybridized carbons (Fsp3) is 0.213. The highest BCUT2D eigenvalue weighted by Gasteiger charge is 2.61. The first-order chi connectivity index (χ1) is 30.9. The van der Waals surface area contributed by atoms with Crippen molar-refractivity contribution in [1.29, 1.82) is 0 Å². The van der Waals surface area contributed by atoms with Crippen molar-refractivity contribution in [2.45, 2.75) is 56.8 Å². The zero-order valence-corrected chi connectivity index (χ0v) is 36.1. The van der Waals surface area contributed by atoms with E-state index in [2.05, 4.69) is 205 Å². The predicted molar refractivity (Wildman–Crippen MR) is 262 cm³/mol. The molecule has 0 N–H and O–H groups in total. The van der Waals surface area contributed by atoms with E-state index >= 15 is 0 Å².